The second-order valence-corrected chi connectivity index (χ2v) is 6.57. The molecule has 1 spiro atoms. The molecule has 1 heterocycles. The van der Waals surface area contributed by atoms with Crippen LogP contribution in [0.3, 0.4) is 0 Å². The van der Waals surface area contributed by atoms with Crippen LogP contribution in [0.25, 0.3) is 6.08 Å². The molecule has 2 aromatic rings. The van der Waals surface area contributed by atoms with E-state index in [0.717, 1.165) is 29.5 Å². The van der Waals surface area contributed by atoms with E-state index in [9.17, 15) is 9.59 Å². The average Bonchev–Trinajstić information content (AvgIpc) is 2.88. The van der Waals surface area contributed by atoms with Crippen molar-refractivity contribution in [2.45, 2.75) is 24.8 Å². The number of aryl methyl sites for hydroxylation is 1. The summed E-state index contributed by atoms with van der Waals surface area (Å²) in [5.41, 5.74) is 2.28. The molecular formula is C21H20N2O2. The molecule has 3 amide bonds. The van der Waals surface area contributed by atoms with Gasteiger partial charge in [0.15, 0.2) is 0 Å². The predicted molar refractivity (Wildman–Crippen MR) is 96.8 cm³/mol. The number of imide groups is 1. The SMILES string of the molecule is O=C1NC2(CCCc3ccccc32)C(=O)N1C/C=C/c1ccccc1. The lowest BCUT2D eigenvalue weighted by atomic mass is 9.76. The van der Waals surface area contributed by atoms with Gasteiger partial charge in [0.05, 0.1) is 0 Å². The molecule has 0 saturated carbocycles. The van der Waals surface area contributed by atoms with Gasteiger partial charge in [0.25, 0.3) is 5.91 Å². The van der Waals surface area contributed by atoms with Crippen LogP contribution in [0.4, 0.5) is 4.79 Å². The van der Waals surface area contributed by atoms with Crippen LogP contribution >= 0.6 is 0 Å². The number of benzene rings is 2. The third kappa shape index (κ3) is 2.64. The Hall–Kier alpha value is -2.88. The minimum Gasteiger partial charge on any atom is -0.319 e. The van der Waals surface area contributed by atoms with Crippen molar-refractivity contribution in [3.8, 4) is 0 Å². The van der Waals surface area contributed by atoms with Crippen LogP contribution in [0.5, 0.6) is 0 Å². The molecule has 2 aromatic carbocycles. The van der Waals surface area contributed by atoms with E-state index in [-0.39, 0.29) is 18.5 Å². The first-order valence-corrected chi connectivity index (χ1v) is 8.65. The number of urea groups is 1. The van der Waals surface area contributed by atoms with Gasteiger partial charge in [-0.25, -0.2) is 4.79 Å². The third-order valence-electron chi connectivity index (χ3n) is 5.05. The predicted octanol–water partition coefficient (Wildman–Crippen LogP) is 3.48. The van der Waals surface area contributed by atoms with E-state index in [1.54, 1.807) is 0 Å². The van der Waals surface area contributed by atoms with E-state index in [2.05, 4.69) is 5.32 Å². The molecular weight excluding hydrogens is 312 g/mol. The number of amides is 3. The van der Waals surface area contributed by atoms with Gasteiger partial charge in [-0.05, 0) is 36.0 Å². The molecule has 25 heavy (non-hydrogen) atoms. The summed E-state index contributed by atoms with van der Waals surface area (Å²) in [7, 11) is 0. The topological polar surface area (TPSA) is 49.4 Å². The molecule has 4 heteroatoms. The van der Waals surface area contributed by atoms with Gasteiger partial charge in [0, 0.05) is 6.54 Å². The van der Waals surface area contributed by atoms with Gasteiger partial charge in [-0.3, -0.25) is 9.69 Å². The highest BCUT2D eigenvalue weighted by Gasteiger charge is 2.53. The smallest absolute Gasteiger partial charge is 0.319 e. The van der Waals surface area contributed by atoms with Gasteiger partial charge in [0.1, 0.15) is 5.54 Å². The van der Waals surface area contributed by atoms with E-state index in [4.69, 9.17) is 0 Å². The van der Waals surface area contributed by atoms with Crippen molar-refractivity contribution in [3.63, 3.8) is 0 Å². The van der Waals surface area contributed by atoms with Gasteiger partial charge < -0.3 is 5.32 Å². The number of hydrogen-bond donors (Lipinski definition) is 1. The molecule has 1 atom stereocenters. The Morgan fingerprint density at radius 3 is 2.64 bits per heavy atom. The zero-order valence-electron chi connectivity index (χ0n) is 13.9. The Morgan fingerprint density at radius 1 is 1.04 bits per heavy atom. The molecule has 4 rings (SSSR count). The van der Waals surface area contributed by atoms with Crippen molar-refractivity contribution in [2.24, 2.45) is 0 Å². The lowest BCUT2D eigenvalue weighted by Crippen LogP contribution is -2.46. The van der Waals surface area contributed by atoms with Crippen molar-refractivity contribution in [2.75, 3.05) is 6.54 Å². The Labute approximate surface area is 147 Å². The number of nitrogens with zero attached hydrogens (tertiary/aromatic N) is 1. The van der Waals surface area contributed by atoms with Crippen LogP contribution < -0.4 is 5.32 Å². The maximum atomic E-state index is 13.1. The van der Waals surface area contributed by atoms with Crippen LogP contribution in [0.15, 0.2) is 60.7 Å². The molecule has 1 aliphatic heterocycles. The lowest BCUT2D eigenvalue weighted by Gasteiger charge is -2.33. The second-order valence-electron chi connectivity index (χ2n) is 6.57. The molecule has 0 radical (unpaired) electrons. The number of carbonyl (C=O) groups excluding carboxylic acids is 2. The van der Waals surface area contributed by atoms with Gasteiger partial charge in [-0.2, -0.15) is 0 Å². The molecule has 1 fully saturated rings. The zero-order chi connectivity index (χ0) is 17.3. The highest BCUT2D eigenvalue weighted by atomic mass is 16.2. The van der Waals surface area contributed by atoms with E-state index in [1.165, 1.54) is 4.90 Å². The minimum atomic E-state index is -0.882. The molecule has 1 saturated heterocycles. The summed E-state index contributed by atoms with van der Waals surface area (Å²) in [6, 6.07) is 17.5. The lowest BCUT2D eigenvalue weighted by molar-refractivity contribution is -0.131. The Balaban J connectivity index is 1.58. The summed E-state index contributed by atoms with van der Waals surface area (Å²) in [6.45, 7) is 0.281. The summed E-state index contributed by atoms with van der Waals surface area (Å²) in [5, 5.41) is 2.98. The molecule has 1 aliphatic carbocycles. The van der Waals surface area contributed by atoms with E-state index >= 15 is 0 Å². The van der Waals surface area contributed by atoms with Crippen LogP contribution in [0, 0.1) is 0 Å². The van der Waals surface area contributed by atoms with E-state index in [1.807, 2.05) is 66.7 Å². The Bertz CT molecular complexity index is 844. The summed E-state index contributed by atoms with van der Waals surface area (Å²) < 4.78 is 0. The van der Waals surface area contributed by atoms with Crippen molar-refractivity contribution >= 4 is 18.0 Å². The van der Waals surface area contributed by atoms with Crippen LogP contribution in [0.1, 0.15) is 29.5 Å². The zero-order valence-corrected chi connectivity index (χ0v) is 13.9. The van der Waals surface area contributed by atoms with E-state index in [0.29, 0.717) is 6.42 Å². The van der Waals surface area contributed by atoms with Crippen LogP contribution in [0.2, 0.25) is 0 Å². The highest BCUT2D eigenvalue weighted by Crippen LogP contribution is 2.39. The highest BCUT2D eigenvalue weighted by molar-refractivity contribution is 6.08. The van der Waals surface area contributed by atoms with Crippen molar-refractivity contribution in [1.29, 1.82) is 0 Å². The summed E-state index contributed by atoms with van der Waals surface area (Å²) in [4.78, 5) is 26.9. The summed E-state index contributed by atoms with van der Waals surface area (Å²) in [5.74, 6) is -0.137. The fourth-order valence-electron chi connectivity index (χ4n) is 3.84. The standard InChI is InChI=1S/C21H20N2O2/c24-19-21(14-6-12-17-11-4-5-13-18(17)21)22-20(25)23(19)15-7-10-16-8-2-1-3-9-16/h1-5,7-11,13H,6,12,14-15H2,(H,22,25)/b10-7+. The maximum absolute atomic E-state index is 13.1. The quantitative estimate of drug-likeness (QED) is 0.875. The first kappa shape index (κ1) is 15.6. The van der Waals surface area contributed by atoms with Gasteiger partial charge >= 0.3 is 6.03 Å². The Morgan fingerprint density at radius 2 is 1.80 bits per heavy atom. The number of carbonyl (C=O) groups is 2. The average molecular weight is 332 g/mol. The van der Waals surface area contributed by atoms with Crippen molar-refractivity contribution < 1.29 is 9.59 Å². The fourth-order valence-corrected chi connectivity index (χ4v) is 3.84. The van der Waals surface area contributed by atoms with Crippen molar-refractivity contribution in [3.05, 3.63) is 77.4 Å². The van der Waals surface area contributed by atoms with Gasteiger partial charge in [-0.15, -0.1) is 0 Å². The van der Waals surface area contributed by atoms with Crippen molar-refractivity contribution in [1.82, 2.24) is 10.2 Å². The number of hydrogen-bond acceptors (Lipinski definition) is 2. The normalized spacial score (nSPS) is 22.5. The third-order valence-corrected chi connectivity index (χ3v) is 5.05. The fraction of sp³-hybridized carbons (Fsp3) is 0.238. The molecule has 2 aliphatic rings. The molecule has 0 aromatic heterocycles. The summed E-state index contributed by atoms with van der Waals surface area (Å²) in [6.07, 6.45) is 6.31. The summed E-state index contributed by atoms with van der Waals surface area (Å²) >= 11 is 0. The second kappa shape index (κ2) is 6.20. The molecule has 126 valence electrons. The Kier molecular flexibility index (Phi) is 3.88. The number of nitrogens with one attached hydrogen (secondary N) is 1. The van der Waals surface area contributed by atoms with E-state index < -0.39 is 5.54 Å². The van der Waals surface area contributed by atoms with Gasteiger partial charge in [-0.1, -0.05) is 66.7 Å². The molecule has 4 nitrogen and oxygen atoms in total. The number of fused-ring (bicyclic) bond motifs is 2. The largest absolute Gasteiger partial charge is 0.325 e. The molecule has 0 bridgehead atoms. The van der Waals surface area contributed by atoms with Gasteiger partial charge in [0.2, 0.25) is 0 Å². The first-order chi connectivity index (χ1) is 12.2. The van der Waals surface area contributed by atoms with Crippen LogP contribution in [-0.4, -0.2) is 23.4 Å². The van der Waals surface area contributed by atoms with Crippen LogP contribution in [-0.2, 0) is 16.8 Å². The minimum absolute atomic E-state index is 0.137. The monoisotopic (exact) mass is 332 g/mol. The number of rotatable bonds is 3. The molecule has 1 unspecified atom stereocenters. The molecule has 1 N–H and O–H groups in total. The first-order valence-electron chi connectivity index (χ1n) is 8.65. The maximum Gasteiger partial charge on any atom is 0.325 e.